The Balaban J connectivity index is 1.56. The van der Waals surface area contributed by atoms with Crippen LogP contribution in [0.1, 0.15) is 34.5 Å². The summed E-state index contributed by atoms with van der Waals surface area (Å²) in [6, 6.07) is 9.67. The molecule has 2 heterocycles. The van der Waals surface area contributed by atoms with Crippen molar-refractivity contribution in [2.24, 2.45) is 0 Å². The molecule has 4 aromatic rings. The van der Waals surface area contributed by atoms with Gasteiger partial charge in [-0.3, -0.25) is 0 Å². The molecule has 0 saturated carbocycles. The summed E-state index contributed by atoms with van der Waals surface area (Å²) < 4.78 is 18.6. The lowest BCUT2D eigenvalue weighted by Crippen LogP contribution is -2.55. The van der Waals surface area contributed by atoms with E-state index in [-0.39, 0.29) is 51.7 Å². The molecule has 5 atom stereocenters. The van der Waals surface area contributed by atoms with Crippen molar-refractivity contribution in [1.82, 2.24) is 0 Å². The van der Waals surface area contributed by atoms with Gasteiger partial charge in [0.1, 0.15) is 46.7 Å². The Morgan fingerprint density at radius 2 is 1.30 bits per heavy atom. The van der Waals surface area contributed by atoms with Gasteiger partial charge in [0.15, 0.2) is 41.0 Å². The number of ether oxygens (including phenoxy) is 3. The zero-order valence-corrected chi connectivity index (χ0v) is 22.4. The Labute approximate surface area is 247 Å². The first kappa shape index (κ1) is 28.7. The Kier molecular flexibility index (Phi) is 6.57. The molecule has 6 rings (SSSR count). The van der Waals surface area contributed by atoms with Gasteiger partial charge in [0, 0.05) is 41.8 Å². The Morgan fingerprint density at radius 3 is 1.95 bits per heavy atom. The number of hydrogen-bond donors (Lipinski definition) is 11. The van der Waals surface area contributed by atoms with Gasteiger partial charge in [0.25, 0.3) is 5.79 Å². The molecule has 0 aliphatic carbocycles. The molecule has 0 saturated heterocycles. The van der Waals surface area contributed by atoms with Gasteiger partial charge in [-0.05, 0) is 29.8 Å². The van der Waals surface area contributed by atoms with Crippen LogP contribution in [0.3, 0.4) is 0 Å². The first-order chi connectivity index (χ1) is 20.8. The van der Waals surface area contributed by atoms with Crippen molar-refractivity contribution in [2.45, 2.75) is 36.6 Å². The average molecular weight is 611 g/mol. The second-order valence-corrected chi connectivity index (χ2v) is 10.5. The van der Waals surface area contributed by atoms with Crippen LogP contribution >= 0.6 is 0 Å². The van der Waals surface area contributed by atoms with Crippen LogP contribution in [-0.2, 0) is 16.9 Å². The fourth-order valence-corrected chi connectivity index (χ4v) is 5.54. The number of hydrogen-bond acceptors (Lipinski definition) is 14. The van der Waals surface area contributed by atoms with Gasteiger partial charge in [0.2, 0.25) is 0 Å². The molecule has 0 amide bonds. The number of benzene rings is 4. The highest BCUT2D eigenvalue weighted by Gasteiger charge is 2.56. The summed E-state index contributed by atoms with van der Waals surface area (Å²) in [5, 5.41) is 115. The van der Waals surface area contributed by atoms with E-state index >= 15 is 0 Å². The first-order valence-electron chi connectivity index (χ1n) is 13.1. The fraction of sp³-hybridized carbons (Fsp3) is 0.200. The molecule has 230 valence electrons. The fourth-order valence-electron chi connectivity index (χ4n) is 5.54. The minimum atomic E-state index is -2.59. The van der Waals surface area contributed by atoms with Crippen LogP contribution in [0.4, 0.5) is 0 Å². The summed E-state index contributed by atoms with van der Waals surface area (Å²) in [6.07, 6.45) is -6.89. The molecule has 44 heavy (non-hydrogen) atoms. The molecule has 0 radical (unpaired) electrons. The third-order valence-electron chi connectivity index (χ3n) is 7.64. The minimum Gasteiger partial charge on any atom is -0.508 e. The molecule has 0 spiro atoms. The predicted molar refractivity (Wildman–Crippen MR) is 146 cm³/mol. The summed E-state index contributed by atoms with van der Waals surface area (Å²) in [4.78, 5) is 0. The summed E-state index contributed by atoms with van der Waals surface area (Å²) in [6.45, 7) is 0. The van der Waals surface area contributed by atoms with E-state index in [9.17, 15) is 56.2 Å². The van der Waals surface area contributed by atoms with E-state index in [4.69, 9.17) is 14.2 Å². The van der Waals surface area contributed by atoms with E-state index < -0.39 is 70.4 Å². The van der Waals surface area contributed by atoms with Crippen LogP contribution in [0.5, 0.6) is 63.2 Å². The molecular formula is C30H26O14. The van der Waals surface area contributed by atoms with Crippen LogP contribution in [0.25, 0.3) is 0 Å². The average Bonchev–Trinajstić information content (AvgIpc) is 2.95. The van der Waals surface area contributed by atoms with E-state index in [1.54, 1.807) is 0 Å². The lowest BCUT2D eigenvalue weighted by atomic mass is 9.86. The number of fused-ring (bicyclic) bond motifs is 2. The summed E-state index contributed by atoms with van der Waals surface area (Å²) >= 11 is 0. The van der Waals surface area contributed by atoms with E-state index in [1.807, 2.05) is 0 Å². The predicted octanol–water partition coefficient (Wildman–Crippen LogP) is 2.44. The van der Waals surface area contributed by atoms with Crippen molar-refractivity contribution in [1.29, 1.82) is 0 Å². The van der Waals surface area contributed by atoms with E-state index in [0.717, 1.165) is 36.4 Å². The number of aliphatic hydroxyl groups excluding tert-OH is 2. The molecule has 0 fully saturated rings. The van der Waals surface area contributed by atoms with E-state index in [0.29, 0.717) is 0 Å². The van der Waals surface area contributed by atoms with Gasteiger partial charge in [-0.25, -0.2) is 0 Å². The molecular weight excluding hydrogens is 584 g/mol. The highest BCUT2D eigenvalue weighted by Crippen LogP contribution is 2.54. The van der Waals surface area contributed by atoms with Crippen molar-refractivity contribution in [2.75, 3.05) is 0 Å². The van der Waals surface area contributed by atoms with Crippen molar-refractivity contribution in [3.05, 3.63) is 76.9 Å². The van der Waals surface area contributed by atoms with Crippen molar-refractivity contribution in [3.8, 4) is 63.2 Å². The highest BCUT2D eigenvalue weighted by atomic mass is 16.7. The molecule has 0 bridgehead atoms. The summed E-state index contributed by atoms with van der Waals surface area (Å²) in [5.41, 5.74) is -0.328. The lowest BCUT2D eigenvalue weighted by Gasteiger charge is -2.47. The summed E-state index contributed by atoms with van der Waals surface area (Å²) in [5.74, 6) is -8.39. The van der Waals surface area contributed by atoms with E-state index in [2.05, 4.69) is 0 Å². The summed E-state index contributed by atoms with van der Waals surface area (Å²) in [7, 11) is 0. The van der Waals surface area contributed by atoms with Gasteiger partial charge in [-0.15, -0.1) is 0 Å². The topological polar surface area (TPSA) is 250 Å². The molecule has 0 unspecified atom stereocenters. The van der Waals surface area contributed by atoms with Gasteiger partial charge >= 0.3 is 0 Å². The maximum atomic E-state index is 11.6. The molecule has 2 aliphatic heterocycles. The van der Waals surface area contributed by atoms with Gasteiger partial charge < -0.3 is 70.4 Å². The van der Waals surface area contributed by atoms with Crippen molar-refractivity contribution in [3.63, 3.8) is 0 Å². The maximum Gasteiger partial charge on any atom is 0.267 e. The zero-order chi connectivity index (χ0) is 31.7. The third-order valence-corrected chi connectivity index (χ3v) is 7.64. The maximum absolute atomic E-state index is 11.6. The molecule has 4 aromatic carbocycles. The smallest absolute Gasteiger partial charge is 0.267 e. The monoisotopic (exact) mass is 610 g/mol. The number of rotatable bonds is 4. The Morgan fingerprint density at radius 1 is 0.659 bits per heavy atom. The van der Waals surface area contributed by atoms with Crippen LogP contribution in [-0.4, -0.2) is 68.4 Å². The Hall–Kier alpha value is -5.44. The van der Waals surface area contributed by atoms with Crippen LogP contribution in [0, 0.1) is 0 Å². The standard InChI is InChI=1S/C30H26O14/c31-13-6-17(34)15-10-24(28(42-22(15)8-13)11-1-2-16(33)18(35)3-11)44-30(12-4-20(37)26(39)21(38)5-12)29(41)27(40)25-19(36)7-14(32)9-23(25)43-30/h1-9,24,27-29,31-41H,10H2/t24-,27-,28-,29-,30-/m1/s1. The van der Waals surface area contributed by atoms with Gasteiger partial charge in [-0.1, -0.05) is 6.07 Å². The SMILES string of the molecule is Oc1cc(O)c2c(c1)O[C@H](c1ccc(O)c(O)c1)[C@H](O[C@@]1(c3cc(O)c(O)c(O)c3)Oc3cc(O)cc(O)c3[C@@H](O)[C@H]1O)C2. The van der Waals surface area contributed by atoms with Gasteiger partial charge in [-0.2, -0.15) is 0 Å². The number of phenols is 9. The second kappa shape index (κ2) is 10.1. The first-order valence-corrected chi connectivity index (χ1v) is 13.1. The van der Waals surface area contributed by atoms with E-state index in [1.165, 1.54) is 18.2 Å². The quantitative estimate of drug-likeness (QED) is 0.149. The largest absolute Gasteiger partial charge is 0.508 e. The molecule has 14 nitrogen and oxygen atoms in total. The van der Waals surface area contributed by atoms with Gasteiger partial charge in [0.05, 0.1) is 5.56 Å². The van der Waals surface area contributed by atoms with Crippen LogP contribution < -0.4 is 9.47 Å². The zero-order valence-electron chi connectivity index (χ0n) is 22.4. The molecule has 11 N–H and O–H groups in total. The normalized spacial score (nSPS) is 24.0. The van der Waals surface area contributed by atoms with Crippen LogP contribution in [0.15, 0.2) is 54.6 Å². The minimum absolute atomic E-state index is 0.0271. The molecule has 2 aliphatic rings. The van der Waals surface area contributed by atoms with Crippen molar-refractivity contribution < 1.29 is 70.4 Å². The third kappa shape index (κ3) is 4.48. The second-order valence-electron chi connectivity index (χ2n) is 10.5. The Bertz CT molecular complexity index is 1770. The van der Waals surface area contributed by atoms with Crippen LogP contribution in [0.2, 0.25) is 0 Å². The highest BCUT2D eigenvalue weighted by molar-refractivity contribution is 5.57. The molecule has 14 heteroatoms. The lowest BCUT2D eigenvalue weighted by molar-refractivity contribution is -0.307. The molecule has 0 aromatic heterocycles. The number of aliphatic hydroxyl groups is 2. The number of phenolic OH excluding ortho intramolecular Hbond substituents is 9. The number of aromatic hydroxyl groups is 9. The van der Waals surface area contributed by atoms with Crippen molar-refractivity contribution >= 4 is 0 Å².